The highest BCUT2D eigenvalue weighted by atomic mass is 19.1. The molecule has 0 fully saturated rings. The molecule has 1 heterocycles. The molecule has 1 unspecified atom stereocenters. The van der Waals surface area contributed by atoms with E-state index in [1.54, 1.807) is 6.07 Å². The maximum absolute atomic E-state index is 13.2. The molecule has 2 N–H and O–H groups in total. The summed E-state index contributed by atoms with van der Waals surface area (Å²) in [6, 6.07) is 4.67. The number of benzene rings is 1. The predicted molar refractivity (Wildman–Crippen MR) is 71.8 cm³/mol. The summed E-state index contributed by atoms with van der Waals surface area (Å²) in [5.41, 5.74) is 7.83. The third-order valence-corrected chi connectivity index (χ3v) is 3.45. The number of hydrogen-bond donors (Lipinski definition) is 1. The van der Waals surface area contributed by atoms with Crippen molar-refractivity contribution in [1.29, 1.82) is 0 Å². The van der Waals surface area contributed by atoms with Crippen LogP contribution in [-0.2, 0) is 13.5 Å². The van der Waals surface area contributed by atoms with Crippen molar-refractivity contribution in [3.8, 4) is 0 Å². The average molecular weight is 249 g/mol. The Morgan fingerprint density at radius 1 is 1.39 bits per heavy atom. The van der Waals surface area contributed by atoms with Gasteiger partial charge in [-0.1, -0.05) is 20.8 Å². The zero-order valence-electron chi connectivity index (χ0n) is 11.4. The van der Waals surface area contributed by atoms with Crippen molar-refractivity contribution in [2.24, 2.45) is 18.2 Å². The Kier molecular flexibility index (Phi) is 3.15. The van der Waals surface area contributed by atoms with Gasteiger partial charge >= 0.3 is 0 Å². The number of aryl methyl sites for hydroxylation is 1. The minimum atomic E-state index is -0.239. The third-order valence-electron chi connectivity index (χ3n) is 3.45. The quantitative estimate of drug-likeness (QED) is 0.889. The van der Waals surface area contributed by atoms with E-state index in [2.05, 4.69) is 25.8 Å². The van der Waals surface area contributed by atoms with E-state index in [-0.39, 0.29) is 17.3 Å². The van der Waals surface area contributed by atoms with E-state index in [1.165, 1.54) is 12.1 Å². The molecule has 2 aromatic rings. The second kappa shape index (κ2) is 4.35. The maximum Gasteiger partial charge on any atom is 0.125 e. The van der Waals surface area contributed by atoms with Crippen molar-refractivity contribution in [3.05, 3.63) is 29.8 Å². The van der Waals surface area contributed by atoms with Crippen LogP contribution in [0.4, 0.5) is 4.39 Å². The molecule has 1 aromatic heterocycles. The molecule has 18 heavy (non-hydrogen) atoms. The summed E-state index contributed by atoms with van der Waals surface area (Å²) >= 11 is 0. The smallest absolute Gasteiger partial charge is 0.125 e. The Morgan fingerprint density at radius 3 is 2.67 bits per heavy atom. The first-order valence-electron chi connectivity index (χ1n) is 6.15. The Hall–Kier alpha value is -1.42. The number of fused-ring (bicyclic) bond motifs is 1. The van der Waals surface area contributed by atoms with E-state index in [0.29, 0.717) is 6.42 Å². The minimum absolute atomic E-state index is 0.0258. The summed E-state index contributed by atoms with van der Waals surface area (Å²) in [6.07, 6.45) is 0.691. The van der Waals surface area contributed by atoms with Gasteiger partial charge in [-0.2, -0.15) is 0 Å². The summed E-state index contributed by atoms with van der Waals surface area (Å²) in [6.45, 7) is 6.33. The van der Waals surface area contributed by atoms with Crippen LogP contribution in [0.5, 0.6) is 0 Å². The Bertz CT molecular complexity index is 566. The summed E-state index contributed by atoms with van der Waals surface area (Å²) in [7, 11) is 1.90. The molecule has 1 atom stereocenters. The molecule has 0 aliphatic rings. The van der Waals surface area contributed by atoms with Crippen molar-refractivity contribution in [2.75, 3.05) is 0 Å². The number of nitrogens with two attached hydrogens (primary N) is 1. The van der Waals surface area contributed by atoms with Gasteiger partial charge in [0.25, 0.3) is 0 Å². The van der Waals surface area contributed by atoms with Gasteiger partial charge in [-0.15, -0.1) is 0 Å². The first kappa shape index (κ1) is 13.0. The summed E-state index contributed by atoms with van der Waals surface area (Å²) < 4.78 is 15.1. The summed E-state index contributed by atoms with van der Waals surface area (Å²) in [5.74, 6) is 0.662. The molecule has 2 rings (SSSR count). The normalized spacial score (nSPS) is 14.1. The molecule has 98 valence electrons. The lowest BCUT2D eigenvalue weighted by atomic mass is 9.85. The largest absolute Gasteiger partial charge is 0.331 e. The van der Waals surface area contributed by atoms with Crippen LogP contribution in [0, 0.1) is 11.2 Å². The van der Waals surface area contributed by atoms with E-state index in [0.717, 1.165) is 16.9 Å². The fourth-order valence-corrected chi connectivity index (χ4v) is 1.90. The average Bonchev–Trinajstić information content (AvgIpc) is 2.55. The standard InChI is InChI=1S/C14H20FN3/c1-14(2,3)12(16)8-13-17-10-6-5-9(15)7-11(10)18(13)4/h5-7,12H,8,16H2,1-4H3. The molecule has 0 saturated heterocycles. The zero-order valence-corrected chi connectivity index (χ0v) is 11.4. The van der Waals surface area contributed by atoms with E-state index in [4.69, 9.17) is 5.73 Å². The van der Waals surface area contributed by atoms with Gasteiger partial charge in [-0.05, 0) is 23.6 Å². The van der Waals surface area contributed by atoms with Gasteiger partial charge in [0.05, 0.1) is 11.0 Å². The lowest BCUT2D eigenvalue weighted by molar-refractivity contribution is 0.313. The lowest BCUT2D eigenvalue weighted by Gasteiger charge is -2.26. The molecular weight excluding hydrogens is 229 g/mol. The predicted octanol–water partition coefficient (Wildman–Crippen LogP) is 2.63. The highest BCUT2D eigenvalue weighted by Crippen LogP contribution is 2.22. The van der Waals surface area contributed by atoms with Crippen LogP contribution in [0.15, 0.2) is 18.2 Å². The van der Waals surface area contributed by atoms with Crippen molar-refractivity contribution in [1.82, 2.24) is 9.55 Å². The molecule has 3 nitrogen and oxygen atoms in total. The number of aromatic nitrogens is 2. The maximum atomic E-state index is 13.2. The second-order valence-electron chi connectivity index (χ2n) is 5.90. The van der Waals surface area contributed by atoms with Gasteiger partial charge in [0.15, 0.2) is 0 Å². The highest BCUT2D eigenvalue weighted by molar-refractivity contribution is 5.75. The van der Waals surface area contributed by atoms with Crippen LogP contribution >= 0.6 is 0 Å². The Morgan fingerprint density at radius 2 is 2.06 bits per heavy atom. The van der Waals surface area contributed by atoms with Crippen LogP contribution in [0.3, 0.4) is 0 Å². The monoisotopic (exact) mass is 249 g/mol. The van der Waals surface area contributed by atoms with Crippen LogP contribution in [0.2, 0.25) is 0 Å². The number of rotatable bonds is 2. The molecular formula is C14H20FN3. The summed E-state index contributed by atoms with van der Waals surface area (Å²) in [5, 5.41) is 0. The van der Waals surface area contributed by atoms with Crippen LogP contribution in [-0.4, -0.2) is 15.6 Å². The van der Waals surface area contributed by atoms with Gasteiger partial charge in [-0.25, -0.2) is 9.37 Å². The van der Waals surface area contributed by atoms with Crippen LogP contribution in [0.1, 0.15) is 26.6 Å². The molecule has 0 amide bonds. The number of imidazole rings is 1. The number of halogens is 1. The Balaban J connectivity index is 2.38. The minimum Gasteiger partial charge on any atom is -0.331 e. The number of hydrogen-bond acceptors (Lipinski definition) is 2. The van der Waals surface area contributed by atoms with E-state index >= 15 is 0 Å². The van der Waals surface area contributed by atoms with E-state index in [9.17, 15) is 4.39 Å². The summed E-state index contributed by atoms with van der Waals surface area (Å²) in [4.78, 5) is 4.52. The molecule has 1 aromatic carbocycles. The van der Waals surface area contributed by atoms with Crippen molar-refractivity contribution >= 4 is 11.0 Å². The SMILES string of the molecule is Cn1c(CC(N)C(C)(C)C)nc2ccc(F)cc21. The van der Waals surface area contributed by atoms with Gasteiger partial charge in [0, 0.05) is 19.5 Å². The first-order valence-corrected chi connectivity index (χ1v) is 6.15. The Labute approximate surface area is 107 Å². The molecule has 0 saturated carbocycles. The van der Waals surface area contributed by atoms with E-state index < -0.39 is 0 Å². The van der Waals surface area contributed by atoms with Crippen LogP contribution in [0.25, 0.3) is 11.0 Å². The molecule has 0 radical (unpaired) electrons. The zero-order chi connectivity index (χ0) is 13.5. The number of nitrogens with zero attached hydrogens (tertiary/aromatic N) is 2. The van der Waals surface area contributed by atoms with Crippen LogP contribution < -0.4 is 5.73 Å². The van der Waals surface area contributed by atoms with Crippen molar-refractivity contribution in [2.45, 2.75) is 33.2 Å². The molecule has 0 aliphatic heterocycles. The topological polar surface area (TPSA) is 43.8 Å². The molecule has 0 bridgehead atoms. The molecule has 4 heteroatoms. The third kappa shape index (κ3) is 2.38. The second-order valence-corrected chi connectivity index (χ2v) is 5.90. The van der Waals surface area contributed by atoms with Crippen molar-refractivity contribution in [3.63, 3.8) is 0 Å². The molecule has 0 aliphatic carbocycles. The van der Waals surface area contributed by atoms with Gasteiger partial charge in [0.2, 0.25) is 0 Å². The van der Waals surface area contributed by atoms with E-state index in [1.807, 2.05) is 11.6 Å². The molecule has 0 spiro atoms. The fraction of sp³-hybridized carbons (Fsp3) is 0.500. The highest BCUT2D eigenvalue weighted by Gasteiger charge is 2.23. The lowest BCUT2D eigenvalue weighted by Crippen LogP contribution is -2.37. The fourth-order valence-electron chi connectivity index (χ4n) is 1.90. The van der Waals surface area contributed by atoms with Gasteiger partial charge in [0.1, 0.15) is 11.6 Å². The van der Waals surface area contributed by atoms with Crippen molar-refractivity contribution < 1.29 is 4.39 Å². The van der Waals surface area contributed by atoms with Gasteiger partial charge in [-0.3, -0.25) is 0 Å². The van der Waals surface area contributed by atoms with Gasteiger partial charge < -0.3 is 10.3 Å². The first-order chi connectivity index (χ1) is 8.29.